The van der Waals surface area contributed by atoms with Crippen LogP contribution in [-0.4, -0.2) is 140 Å². The molecular formula is C66H117NO13. The van der Waals surface area contributed by atoms with Crippen LogP contribution >= 0.6 is 0 Å². The first-order valence-corrected chi connectivity index (χ1v) is 32.2. The maximum absolute atomic E-state index is 13.3. The molecule has 9 N–H and O–H groups in total. The normalized spacial score (nSPS) is 24.7. The van der Waals surface area contributed by atoms with E-state index in [-0.39, 0.29) is 18.9 Å². The molecular weight excluding hydrogens is 1010 g/mol. The molecule has 2 aliphatic heterocycles. The van der Waals surface area contributed by atoms with E-state index in [1.165, 1.54) is 154 Å². The van der Waals surface area contributed by atoms with Crippen molar-refractivity contribution in [2.24, 2.45) is 0 Å². The van der Waals surface area contributed by atoms with E-state index in [2.05, 4.69) is 79.9 Å². The lowest BCUT2D eigenvalue weighted by Crippen LogP contribution is -2.65. The molecule has 0 aliphatic carbocycles. The highest BCUT2D eigenvalue weighted by Crippen LogP contribution is 2.30. The maximum Gasteiger partial charge on any atom is 0.220 e. The molecule has 2 saturated heterocycles. The van der Waals surface area contributed by atoms with Crippen molar-refractivity contribution in [3.8, 4) is 0 Å². The van der Waals surface area contributed by atoms with Gasteiger partial charge in [-0.1, -0.05) is 241 Å². The Kier molecular flexibility index (Phi) is 46.8. The molecule has 2 aliphatic rings. The molecule has 0 bridgehead atoms. The SMILES string of the molecule is CC/C=C\C/C=C\C/C=C\C/C=C\CCCCCCCCCCCCCCCCCCC(=O)NC(COC1OC(CO)C(OC2OC(CO)C(O)C(O)C2O)C(O)C1O)C(O)/C=C/CC/C=C/CCCCCCCCCCCCC. The highest BCUT2D eigenvalue weighted by Gasteiger charge is 2.51. The molecule has 12 atom stereocenters. The number of carbonyl (C=O) groups excluding carboxylic acids is 1. The van der Waals surface area contributed by atoms with Crippen LogP contribution in [0.2, 0.25) is 0 Å². The second kappa shape index (κ2) is 50.9. The second-order valence-corrected chi connectivity index (χ2v) is 22.5. The average molecular weight is 1130 g/mol. The Hall–Kier alpha value is -2.57. The fraction of sp³-hybridized carbons (Fsp3) is 0.803. The number of ether oxygens (including phenoxy) is 4. The zero-order chi connectivity index (χ0) is 58.1. The third-order valence-corrected chi connectivity index (χ3v) is 15.4. The van der Waals surface area contributed by atoms with E-state index in [0.29, 0.717) is 12.8 Å². The standard InChI is InChI=1S/C66H117NO13/c1-3-5-7-9-11-13-15-17-19-21-22-23-24-25-26-27-28-29-30-31-32-34-36-38-40-42-44-46-48-50-58(71)67-54(55(70)49-47-45-43-41-39-37-35-33-20-18-16-14-12-10-8-6-4-2)53-77-65-63(76)61(74)64(57(52-69)79-65)80-66-62(75)60(73)59(72)56(51-68)78-66/h5,7,11,13,17,19,22-23,39,41,47,49,54-57,59-66,68-70,72-76H,3-4,6,8-10,12,14-16,18,20-21,24-38,40,42-46,48,50-53H2,1-2H3,(H,67,71)/b7-5-,13-11-,19-17-,23-22-,41-39+,49-47+. The Balaban J connectivity index is 1.70. The summed E-state index contributed by atoms with van der Waals surface area (Å²) in [5.74, 6) is -0.250. The van der Waals surface area contributed by atoms with Crippen LogP contribution < -0.4 is 5.32 Å². The van der Waals surface area contributed by atoms with Crippen LogP contribution in [0, 0.1) is 0 Å². The van der Waals surface area contributed by atoms with Crippen molar-refractivity contribution in [3.63, 3.8) is 0 Å². The molecule has 2 rings (SSSR count). The summed E-state index contributed by atoms with van der Waals surface area (Å²) in [4.78, 5) is 13.3. The van der Waals surface area contributed by atoms with Crippen LogP contribution in [0.4, 0.5) is 0 Å². The van der Waals surface area contributed by atoms with Gasteiger partial charge < -0.3 is 65.1 Å². The summed E-state index contributed by atoms with van der Waals surface area (Å²) >= 11 is 0. The monoisotopic (exact) mass is 1130 g/mol. The van der Waals surface area contributed by atoms with Crippen molar-refractivity contribution >= 4 is 5.91 Å². The van der Waals surface area contributed by atoms with E-state index in [1.54, 1.807) is 6.08 Å². The van der Waals surface area contributed by atoms with Crippen LogP contribution in [0.25, 0.3) is 0 Å². The number of aliphatic hydroxyl groups is 8. The molecule has 14 heteroatoms. The number of aliphatic hydroxyl groups excluding tert-OH is 8. The molecule has 80 heavy (non-hydrogen) atoms. The van der Waals surface area contributed by atoms with Crippen LogP contribution in [0.15, 0.2) is 72.9 Å². The Labute approximate surface area is 485 Å². The highest BCUT2D eigenvalue weighted by molar-refractivity contribution is 5.76. The maximum atomic E-state index is 13.3. The topological polar surface area (TPSA) is 228 Å². The minimum absolute atomic E-state index is 0.250. The third kappa shape index (κ3) is 35.5. The first kappa shape index (κ1) is 73.5. The summed E-state index contributed by atoms with van der Waals surface area (Å²) in [6.45, 7) is 2.68. The zero-order valence-electron chi connectivity index (χ0n) is 50.1. The summed E-state index contributed by atoms with van der Waals surface area (Å²) in [7, 11) is 0. The van der Waals surface area contributed by atoms with Gasteiger partial charge in [0, 0.05) is 6.42 Å². The number of nitrogens with one attached hydrogen (secondary N) is 1. The molecule has 1 amide bonds. The van der Waals surface area contributed by atoms with E-state index < -0.39 is 86.8 Å². The number of hydrogen-bond donors (Lipinski definition) is 9. The zero-order valence-corrected chi connectivity index (χ0v) is 50.1. The van der Waals surface area contributed by atoms with Crippen molar-refractivity contribution in [1.82, 2.24) is 5.32 Å². The summed E-state index contributed by atoms with van der Waals surface area (Å²) in [6.07, 6.45) is 50.9. The molecule has 0 saturated carbocycles. The van der Waals surface area contributed by atoms with Gasteiger partial charge in [-0.3, -0.25) is 4.79 Å². The van der Waals surface area contributed by atoms with Crippen molar-refractivity contribution in [2.75, 3.05) is 19.8 Å². The Morgan fingerprint density at radius 2 is 0.875 bits per heavy atom. The van der Waals surface area contributed by atoms with Crippen LogP contribution in [0.3, 0.4) is 0 Å². The highest BCUT2D eigenvalue weighted by atomic mass is 16.7. The third-order valence-electron chi connectivity index (χ3n) is 15.4. The van der Waals surface area contributed by atoms with Gasteiger partial charge in [0.15, 0.2) is 12.6 Å². The summed E-state index contributed by atoms with van der Waals surface area (Å²) in [5, 5.41) is 87.2. The molecule has 0 spiro atoms. The average Bonchev–Trinajstić information content (AvgIpc) is 3.46. The lowest BCUT2D eigenvalue weighted by atomic mass is 9.97. The van der Waals surface area contributed by atoms with E-state index in [1.807, 2.05) is 6.08 Å². The summed E-state index contributed by atoms with van der Waals surface area (Å²) in [5.41, 5.74) is 0. The van der Waals surface area contributed by atoms with E-state index in [9.17, 15) is 45.6 Å². The molecule has 0 aromatic heterocycles. The van der Waals surface area contributed by atoms with Crippen LogP contribution in [0.5, 0.6) is 0 Å². The van der Waals surface area contributed by atoms with Gasteiger partial charge in [0.1, 0.15) is 48.8 Å². The van der Waals surface area contributed by atoms with Crippen LogP contribution in [-0.2, 0) is 23.7 Å². The van der Waals surface area contributed by atoms with Gasteiger partial charge >= 0.3 is 0 Å². The Bertz CT molecular complexity index is 1620. The number of rotatable bonds is 51. The van der Waals surface area contributed by atoms with Crippen molar-refractivity contribution in [2.45, 2.75) is 319 Å². The first-order valence-electron chi connectivity index (χ1n) is 32.2. The van der Waals surface area contributed by atoms with E-state index >= 15 is 0 Å². The minimum atomic E-state index is -1.79. The van der Waals surface area contributed by atoms with Gasteiger partial charge in [0.2, 0.25) is 5.91 Å². The predicted molar refractivity (Wildman–Crippen MR) is 323 cm³/mol. The number of allylic oxidation sites excluding steroid dienone is 11. The van der Waals surface area contributed by atoms with Gasteiger partial charge in [0.25, 0.3) is 0 Å². The molecule has 2 heterocycles. The van der Waals surface area contributed by atoms with Crippen molar-refractivity contribution in [1.29, 1.82) is 0 Å². The van der Waals surface area contributed by atoms with Gasteiger partial charge in [-0.25, -0.2) is 0 Å². The van der Waals surface area contributed by atoms with Crippen LogP contribution in [0.1, 0.15) is 245 Å². The van der Waals surface area contributed by atoms with Gasteiger partial charge in [-0.15, -0.1) is 0 Å². The predicted octanol–water partition coefficient (Wildman–Crippen LogP) is 11.9. The molecule has 0 aromatic carbocycles. The number of carbonyl (C=O) groups is 1. The fourth-order valence-electron chi connectivity index (χ4n) is 10.2. The molecule has 464 valence electrons. The second-order valence-electron chi connectivity index (χ2n) is 22.5. The quantitative estimate of drug-likeness (QED) is 0.0204. The van der Waals surface area contributed by atoms with Gasteiger partial charge in [-0.2, -0.15) is 0 Å². The Morgan fingerprint density at radius 3 is 1.38 bits per heavy atom. The molecule has 0 aromatic rings. The molecule has 2 fully saturated rings. The summed E-state index contributed by atoms with van der Waals surface area (Å²) < 4.78 is 22.8. The number of amides is 1. The van der Waals surface area contributed by atoms with Gasteiger partial charge in [-0.05, 0) is 70.6 Å². The molecule has 12 unspecified atom stereocenters. The Morgan fingerprint density at radius 1 is 0.463 bits per heavy atom. The van der Waals surface area contributed by atoms with Crippen molar-refractivity contribution < 1.29 is 64.6 Å². The van der Waals surface area contributed by atoms with E-state index in [0.717, 1.165) is 57.8 Å². The lowest BCUT2D eigenvalue weighted by molar-refractivity contribution is -0.359. The number of hydrogen-bond acceptors (Lipinski definition) is 13. The van der Waals surface area contributed by atoms with Gasteiger partial charge in [0.05, 0.1) is 32.0 Å². The van der Waals surface area contributed by atoms with Crippen molar-refractivity contribution in [3.05, 3.63) is 72.9 Å². The lowest BCUT2D eigenvalue weighted by Gasteiger charge is -2.46. The molecule has 14 nitrogen and oxygen atoms in total. The molecule has 0 radical (unpaired) electrons. The van der Waals surface area contributed by atoms with E-state index in [4.69, 9.17) is 18.9 Å². The smallest absolute Gasteiger partial charge is 0.220 e. The fourth-order valence-corrected chi connectivity index (χ4v) is 10.2. The first-order chi connectivity index (χ1) is 39.1. The summed E-state index contributed by atoms with van der Waals surface area (Å²) in [6, 6.07) is -0.934. The minimum Gasteiger partial charge on any atom is -0.394 e. The number of unbranched alkanes of at least 4 members (excludes halogenated alkanes) is 28. The largest absolute Gasteiger partial charge is 0.394 e.